The Labute approximate surface area is 106 Å². The number of nitrogens with one attached hydrogen (secondary N) is 1. The topological polar surface area (TPSA) is 64.6 Å². The molecule has 1 amide bonds. The van der Waals surface area contributed by atoms with Crippen LogP contribution in [0.15, 0.2) is 30.3 Å². The Hall–Kier alpha value is -2.04. The van der Waals surface area contributed by atoms with Crippen molar-refractivity contribution >= 4 is 11.9 Å². The van der Waals surface area contributed by atoms with Gasteiger partial charge in [0.25, 0.3) is 0 Å². The molecule has 0 fully saturated rings. The lowest BCUT2D eigenvalue weighted by atomic mass is 10.3. The summed E-state index contributed by atoms with van der Waals surface area (Å²) >= 11 is 0. The molecule has 1 aromatic carbocycles. The fourth-order valence-corrected chi connectivity index (χ4v) is 1.25. The molecule has 5 heteroatoms. The molecule has 1 rings (SSSR count). The lowest BCUT2D eigenvalue weighted by Gasteiger charge is -2.06. The molecule has 0 spiro atoms. The van der Waals surface area contributed by atoms with Gasteiger partial charge in [-0.2, -0.15) is 0 Å². The van der Waals surface area contributed by atoms with E-state index in [-0.39, 0.29) is 6.61 Å². The third kappa shape index (κ3) is 5.34. The van der Waals surface area contributed by atoms with Gasteiger partial charge in [-0.25, -0.2) is 4.79 Å². The highest BCUT2D eigenvalue weighted by Crippen LogP contribution is 2.07. The molecule has 0 unspecified atom stereocenters. The molecule has 0 aliphatic heterocycles. The first-order chi connectivity index (χ1) is 8.74. The fourth-order valence-electron chi connectivity index (χ4n) is 1.25. The smallest absolute Gasteiger partial charge is 0.396 e. The van der Waals surface area contributed by atoms with Crippen molar-refractivity contribution in [1.29, 1.82) is 0 Å². The van der Waals surface area contributed by atoms with E-state index in [1.54, 1.807) is 6.92 Å². The first kappa shape index (κ1) is 14.0. The van der Waals surface area contributed by atoms with Crippen LogP contribution in [0.5, 0.6) is 5.75 Å². The van der Waals surface area contributed by atoms with Gasteiger partial charge in [0.05, 0.1) is 13.2 Å². The molecule has 0 radical (unpaired) electrons. The third-order valence-electron chi connectivity index (χ3n) is 2.08. The maximum Gasteiger partial charge on any atom is 0.396 e. The van der Waals surface area contributed by atoms with E-state index in [4.69, 9.17) is 4.74 Å². The number of hydrogen-bond acceptors (Lipinski definition) is 4. The highest BCUT2D eigenvalue weighted by Gasteiger charge is 2.12. The Balaban J connectivity index is 2.09. The van der Waals surface area contributed by atoms with Crippen molar-refractivity contribution in [2.75, 3.05) is 19.8 Å². The van der Waals surface area contributed by atoms with Crippen molar-refractivity contribution in [2.45, 2.75) is 13.3 Å². The van der Waals surface area contributed by atoms with E-state index in [0.717, 1.165) is 5.75 Å². The van der Waals surface area contributed by atoms with Gasteiger partial charge in [0.15, 0.2) is 0 Å². The minimum absolute atomic E-state index is 0.198. The van der Waals surface area contributed by atoms with Crippen LogP contribution in [0.1, 0.15) is 13.3 Å². The minimum atomic E-state index is -0.846. The van der Waals surface area contributed by atoms with E-state index >= 15 is 0 Å². The van der Waals surface area contributed by atoms with Crippen molar-refractivity contribution in [3.05, 3.63) is 30.3 Å². The normalized spacial score (nSPS) is 9.61. The van der Waals surface area contributed by atoms with Gasteiger partial charge in [0.2, 0.25) is 0 Å². The number of para-hydroxylation sites is 1. The van der Waals surface area contributed by atoms with Gasteiger partial charge in [-0.3, -0.25) is 4.79 Å². The zero-order chi connectivity index (χ0) is 13.2. The molecule has 0 bridgehead atoms. The second kappa shape index (κ2) is 8.11. The summed E-state index contributed by atoms with van der Waals surface area (Å²) in [6, 6.07) is 9.40. The van der Waals surface area contributed by atoms with Gasteiger partial charge >= 0.3 is 11.9 Å². The van der Waals surface area contributed by atoms with Gasteiger partial charge in [-0.1, -0.05) is 18.2 Å². The van der Waals surface area contributed by atoms with Crippen LogP contribution in [0, 0.1) is 0 Å². The summed E-state index contributed by atoms with van der Waals surface area (Å²) < 4.78 is 9.98. The highest BCUT2D eigenvalue weighted by atomic mass is 16.5. The molecular formula is C13H17NO4. The number of esters is 1. The predicted molar refractivity (Wildman–Crippen MR) is 66.2 cm³/mol. The first-order valence-corrected chi connectivity index (χ1v) is 5.87. The van der Waals surface area contributed by atoms with E-state index < -0.39 is 11.9 Å². The summed E-state index contributed by atoms with van der Waals surface area (Å²) in [5.41, 5.74) is 0. The molecule has 5 nitrogen and oxygen atoms in total. The van der Waals surface area contributed by atoms with Crippen LogP contribution in [-0.2, 0) is 14.3 Å². The molecular weight excluding hydrogens is 234 g/mol. The summed E-state index contributed by atoms with van der Waals surface area (Å²) in [6.07, 6.45) is 0.625. The van der Waals surface area contributed by atoms with Gasteiger partial charge in [0, 0.05) is 6.54 Å². The monoisotopic (exact) mass is 251 g/mol. The van der Waals surface area contributed by atoms with Crippen LogP contribution in [0.4, 0.5) is 0 Å². The number of amides is 1. The molecule has 0 saturated carbocycles. The van der Waals surface area contributed by atoms with Gasteiger partial charge < -0.3 is 14.8 Å². The molecule has 1 aromatic rings. The number of rotatable bonds is 6. The quantitative estimate of drug-likeness (QED) is 0.467. The lowest BCUT2D eigenvalue weighted by Crippen LogP contribution is -2.33. The Morgan fingerprint density at radius 1 is 1.22 bits per heavy atom. The number of carbonyl (C=O) groups is 2. The molecule has 0 aromatic heterocycles. The van der Waals surface area contributed by atoms with Crippen LogP contribution in [0.25, 0.3) is 0 Å². The summed E-state index contributed by atoms with van der Waals surface area (Å²) in [5.74, 6) is -0.771. The molecule has 0 atom stereocenters. The summed E-state index contributed by atoms with van der Waals surface area (Å²) in [5, 5.41) is 2.46. The summed E-state index contributed by atoms with van der Waals surface area (Å²) in [4.78, 5) is 22.1. The zero-order valence-electron chi connectivity index (χ0n) is 10.3. The summed E-state index contributed by atoms with van der Waals surface area (Å²) in [6.45, 7) is 2.71. The first-order valence-electron chi connectivity index (χ1n) is 5.87. The van der Waals surface area contributed by atoms with E-state index in [0.29, 0.717) is 19.6 Å². The van der Waals surface area contributed by atoms with E-state index in [9.17, 15) is 9.59 Å². The van der Waals surface area contributed by atoms with Gasteiger partial charge in [0.1, 0.15) is 5.75 Å². The van der Waals surface area contributed by atoms with Crippen LogP contribution in [0.3, 0.4) is 0 Å². The van der Waals surface area contributed by atoms with Crippen LogP contribution < -0.4 is 10.1 Å². The van der Waals surface area contributed by atoms with Crippen LogP contribution in [0.2, 0.25) is 0 Å². The second-order valence-electron chi connectivity index (χ2n) is 3.49. The number of hydrogen-bond donors (Lipinski definition) is 1. The SMILES string of the molecule is CCOC(=O)C(=O)NCCCOc1ccccc1. The van der Waals surface area contributed by atoms with Crippen molar-refractivity contribution in [3.63, 3.8) is 0 Å². The minimum Gasteiger partial charge on any atom is -0.494 e. The Bertz CT molecular complexity index is 378. The van der Waals surface area contributed by atoms with E-state index in [1.807, 2.05) is 30.3 Å². The molecule has 98 valence electrons. The molecule has 0 heterocycles. The standard InChI is InChI=1S/C13H17NO4/c1-2-17-13(16)12(15)14-9-6-10-18-11-7-4-3-5-8-11/h3-5,7-8H,2,6,9-10H2,1H3,(H,14,15). The molecule has 1 N–H and O–H groups in total. The number of ether oxygens (including phenoxy) is 2. The Morgan fingerprint density at radius 2 is 1.94 bits per heavy atom. The predicted octanol–water partition coefficient (Wildman–Crippen LogP) is 1.13. The Morgan fingerprint density at radius 3 is 2.61 bits per heavy atom. The van der Waals surface area contributed by atoms with Crippen molar-refractivity contribution in [3.8, 4) is 5.75 Å². The van der Waals surface area contributed by atoms with Crippen LogP contribution >= 0.6 is 0 Å². The molecule has 0 saturated heterocycles. The largest absolute Gasteiger partial charge is 0.494 e. The maximum absolute atomic E-state index is 11.1. The second-order valence-corrected chi connectivity index (χ2v) is 3.49. The van der Waals surface area contributed by atoms with E-state index in [2.05, 4.69) is 10.1 Å². The Kier molecular flexibility index (Phi) is 6.32. The van der Waals surface area contributed by atoms with Gasteiger partial charge in [-0.05, 0) is 25.5 Å². The lowest BCUT2D eigenvalue weighted by molar-refractivity contribution is -0.154. The molecule has 18 heavy (non-hydrogen) atoms. The van der Waals surface area contributed by atoms with Crippen molar-refractivity contribution in [2.24, 2.45) is 0 Å². The highest BCUT2D eigenvalue weighted by molar-refractivity contribution is 6.32. The van der Waals surface area contributed by atoms with Crippen molar-refractivity contribution < 1.29 is 19.1 Å². The zero-order valence-corrected chi connectivity index (χ0v) is 10.3. The van der Waals surface area contributed by atoms with Crippen molar-refractivity contribution in [1.82, 2.24) is 5.32 Å². The number of carbonyl (C=O) groups excluding carboxylic acids is 2. The maximum atomic E-state index is 11.1. The van der Waals surface area contributed by atoms with Gasteiger partial charge in [-0.15, -0.1) is 0 Å². The van der Waals surface area contributed by atoms with Crippen LogP contribution in [-0.4, -0.2) is 31.6 Å². The third-order valence-corrected chi connectivity index (χ3v) is 2.08. The van der Waals surface area contributed by atoms with E-state index in [1.165, 1.54) is 0 Å². The molecule has 0 aliphatic rings. The number of benzene rings is 1. The molecule has 0 aliphatic carbocycles. The summed E-state index contributed by atoms with van der Waals surface area (Å²) in [7, 11) is 0. The fraction of sp³-hybridized carbons (Fsp3) is 0.385. The average Bonchev–Trinajstić information content (AvgIpc) is 2.39. The average molecular weight is 251 g/mol.